The summed E-state index contributed by atoms with van der Waals surface area (Å²) in [4.78, 5) is 10.7. The summed E-state index contributed by atoms with van der Waals surface area (Å²) in [6.45, 7) is 4.04. The summed E-state index contributed by atoms with van der Waals surface area (Å²) in [7, 11) is 0. The zero-order chi connectivity index (χ0) is 15.9. The number of carboxylic acid groups (broad SMARTS) is 1. The van der Waals surface area contributed by atoms with Gasteiger partial charge in [0.2, 0.25) is 0 Å². The van der Waals surface area contributed by atoms with E-state index in [2.05, 4.69) is 0 Å². The molecule has 0 atom stereocenters. The van der Waals surface area contributed by atoms with Gasteiger partial charge in [-0.2, -0.15) is 0 Å². The van der Waals surface area contributed by atoms with Crippen LogP contribution in [0.25, 0.3) is 5.57 Å². The Hall–Kier alpha value is -2.55. The molecule has 3 nitrogen and oxygen atoms in total. The minimum absolute atomic E-state index is 0.0465. The van der Waals surface area contributed by atoms with Crippen molar-refractivity contribution in [3.05, 3.63) is 65.7 Å². The molecular weight excluding hydrogens is 276 g/mol. The largest absolute Gasteiger partial charge is 0.481 e. The molecule has 0 radical (unpaired) electrons. The normalized spacial score (nSPS) is 11.3. The molecule has 0 saturated heterocycles. The van der Waals surface area contributed by atoms with E-state index in [1.165, 1.54) is 0 Å². The minimum Gasteiger partial charge on any atom is -0.481 e. The van der Waals surface area contributed by atoms with Crippen molar-refractivity contribution in [2.24, 2.45) is 0 Å². The van der Waals surface area contributed by atoms with Crippen molar-refractivity contribution in [2.45, 2.75) is 26.7 Å². The van der Waals surface area contributed by atoms with Crippen LogP contribution in [0.5, 0.6) is 11.5 Å². The summed E-state index contributed by atoms with van der Waals surface area (Å²) in [5, 5.41) is 8.82. The maximum absolute atomic E-state index is 10.7. The number of benzene rings is 2. The Labute approximate surface area is 130 Å². The van der Waals surface area contributed by atoms with Crippen LogP contribution in [0.1, 0.15) is 30.9 Å². The van der Waals surface area contributed by atoms with E-state index in [0.29, 0.717) is 0 Å². The van der Waals surface area contributed by atoms with E-state index in [-0.39, 0.29) is 6.42 Å². The van der Waals surface area contributed by atoms with Crippen molar-refractivity contribution in [3.8, 4) is 11.5 Å². The third-order valence-corrected chi connectivity index (χ3v) is 3.43. The monoisotopic (exact) mass is 296 g/mol. The molecule has 2 aromatic carbocycles. The standard InChI is InChI=1S/C19H20O3/c1-3-15(9-12-19(20)21)18-11-10-17(13-14(18)2)22-16-7-5-4-6-8-16/h4-11,13H,3,12H2,1-2H3,(H,20,21)/b15-9+. The van der Waals surface area contributed by atoms with Gasteiger partial charge in [0.25, 0.3) is 0 Å². The number of hydrogen-bond donors (Lipinski definition) is 1. The Balaban J connectivity index is 2.22. The van der Waals surface area contributed by atoms with Crippen molar-refractivity contribution in [3.63, 3.8) is 0 Å². The lowest BCUT2D eigenvalue weighted by molar-refractivity contribution is -0.135. The third kappa shape index (κ3) is 4.22. The minimum atomic E-state index is -0.812. The maximum Gasteiger partial charge on any atom is 0.307 e. The van der Waals surface area contributed by atoms with E-state index >= 15 is 0 Å². The van der Waals surface area contributed by atoms with Gasteiger partial charge in [0, 0.05) is 0 Å². The fourth-order valence-corrected chi connectivity index (χ4v) is 2.34. The van der Waals surface area contributed by atoms with Gasteiger partial charge in [-0.05, 0) is 54.3 Å². The number of aryl methyl sites for hydroxylation is 1. The van der Waals surface area contributed by atoms with E-state index in [4.69, 9.17) is 9.84 Å². The first-order chi connectivity index (χ1) is 10.6. The van der Waals surface area contributed by atoms with E-state index in [1.807, 2.05) is 62.4 Å². The molecule has 0 aromatic heterocycles. The molecule has 2 rings (SSSR count). The highest BCUT2D eigenvalue weighted by atomic mass is 16.5. The van der Waals surface area contributed by atoms with Crippen LogP contribution in [0.4, 0.5) is 0 Å². The van der Waals surface area contributed by atoms with Gasteiger partial charge in [0.1, 0.15) is 11.5 Å². The SMILES string of the molecule is CC/C(=C\CC(=O)O)c1ccc(Oc2ccccc2)cc1C. The average molecular weight is 296 g/mol. The molecular formula is C19H20O3. The number of carboxylic acids is 1. The Bertz CT molecular complexity index is 672. The Morgan fingerprint density at radius 3 is 2.45 bits per heavy atom. The van der Waals surface area contributed by atoms with Gasteiger partial charge in [0.05, 0.1) is 6.42 Å². The van der Waals surface area contributed by atoms with Gasteiger partial charge in [0.15, 0.2) is 0 Å². The smallest absolute Gasteiger partial charge is 0.307 e. The average Bonchev–Trinajstić information content (AvgIpc) is 2.50. The zero-order valence-corrected chi connectivity index (χ0v) is 12.9. The maximum atomic E-state index is 10.7. The van der Waals surface area contributed by atoms with Gasteiger partial charge in [-0.25, -0.2) is 0 Å². The molecule has 0 aliphatic heterocycles. The molecule has 2 aromatic rings. The van der Waals surface area contributed by atoms with Crippen molar-refractivity contribution in [1.29, 1.82) is 0 Å². The summed E-state index contributed by atoms with van der Waals surface area (Å²) in [5.41, 5.74) is 3.20. The molecule has 114 valence electrons. The van der Waals surface area contributed by atoms with Gasteiger partial charge in [-0.3, -0.25) is 4.79 Å². The topological polar surface area (TPSA) is 46.5 Å². The molecule has 0 saturated carbocycles. The third-order valence-electron chi connectivity index (χ3n) is 3.43. The molecule has 0 heterocycles. The fraction of sp³-hybridized carbons (Fsp3) is 0.211. The highest BCUT2D eigenvalue weighted by Crippen LogP contribution is 2.28. The Kier molecular flexibility index (Phi) is 5.37. The number of carbonyl (C=O) groups is 1. The van der Waals surface area contributed by atoms with Crippen LogP contribution in [0, 0.1) is 6.92 Å². The molecule has 0 fully saturated rings. The first kappa shape index (κ1) is 15.8. The highest BCUT2D eigenvalue weighted by Gasteiger charge is 2.06. The van der Waals surface area contributed by atoms with Gasteiger partial charge >= 0.3 is 5.97 Å². The molecule has 0 bridgehead atoms. The summed E-state index contributed by atoms with van der Waals surface area (Å²) in [6.07, 6.45) is 2.63. The number of para-hydroxylation sites is 1. The number of rotatable bonds is 6. The number of allylic oxidation sites excluding steroid dienone is 1. The number of aliphatic carboxylic acids is 1. The molecule has 1 N–H and O–H groups in total. The van der Waals surface area contributed by atoms with E-state index in [9.17, 15) is 4.79 Å². The van der Waals surface area contributed by atoms with Gasteiger partial charge < -0.3 is 9.84 Å². The van der Waals surface area contributed by atoms with Crippen LogP contribution < -0.4 is 4.74 Å². The van der Waals surface area contributed by atoms with Gasteiger partial charge in [-0.1, -0.05) is 37.3 Å². The predicted octanol–water partition coefficient (Wildman–Crippen LogP) is 5.06. The summed E-state index contributed by atoms with van der Waals surface area (Å²) < 4.78 is 5.81. The summed E-state index contributed by atoms with van der Waals surface area (Å²) >= 11 is 0. The van der Waals surface area contributed by atoms with Crippen LogP contribution in [-0.2, 0) is 4.79 Å². The van der Waals surface area contributed by atoms with E-state index < -0.39 is 5.97 Å². The molecule has 22 heavy (non-hydrogen) atoms. The van der Waals surface area contributed by atoms with Crippen LogP contribution in [0.2, 0.25) is 0 Å². The quantitative estimate of drug-likeness (QED) is 0.810. The summed E-state index contributed by atoms with van der Waals surface area (Å²) in [5.74, 6) is 0.764. The summed E-state index contributed by atoms with van der Waals surface area (Å²) in [6, 6.07) is 15.5. The first-order valence-corrected chi connectivity index (χ1v) is 7.35. The second-order valence-electron chi connectivity index (χ2n) is 5.07. The van der Waals surface area contributed by atoms with Gasteiger partial charge in [-0.15, -0.1) is 0 Å². The number of ether oxygens (including phenoxy) is 1. The van der Waals surface area contributed by atoms with Crippen LogP contribution in [0.15, 0.2) is 54.6 Å². The first-order valence-electron chi connectivity index (χ1n) is 7.35. The molecule has 0 aliphatic rings. The molecule has 0 spiro atoms. The zero-order valence-electron chi connectivity index (χ0n) is 12.9. The van der Waals surface area contributed by atoms with Crippen molar-refractivity contribution < 1.29 is 14.6 Å². The molecule has 0 amide bonds. The fourth-order valence-electron chi connectivity index (χ4n) is 2.34. The Morgan fingerprint density at radius 1 is 1.14 bits per heavy atom. The lowest BCUT2D eigenvalue weighted by Crippen LogP contribution is -1.94. The lowest BCUT2D eigenvalue weighted by Gasteiger charge is -2.12. The van der Waals surface area contributed by atoms with Crippen LogP contribution >= 0.6 is 0 Å². The molecule has 0 aliphatic carbocycles. The Morgan fingerprint density at radius 2 is 1.86 bits per heavy atom. The number of hydrogen-bond acceptors (Lipinski definition) is 2. The van der Waals surface area contributed by atoms with E-state index in [0.717, 1.165) is 34.6 Å². The van der Waals surface area contributed by atoms with Crippen molar-refractivity contribution in [1.82, 2.24) is 0 Å². The second-order valence-corrected chi connectivity index (χ2v) is 5.07. The highest BCUT2D eigenvalue weighted by molar-refractivity contribution is 5.75. The van der Waals surface area contributed by atoms with E-state index in [1.54, 1.807) is 6.08 Å². The molecule has 0 unspecified atom stereocenters. The van der Waals surface area contributed by atoms with Crippen LogP contribution in [0.3, 0.4) is 0 Å². The van der Waals surface area contributed by atoms with Crippen molar-refractivity contribution >= 4 is 11.5 Å². The van der Waals surface area contributed by atoms with Crippen molar-refractivity contribution in [2.75, 3.05) is 0 Å². The van der Waals surface area contributed by atoms with Crippen LogP contribution in [-0.4, -0.2) is 11.1 Å². The lowest BCUT2D eigenvalue weighted by atomic mass is 9.97. The second kappa shape index (κ2) is 7.46. The molecule has 3 heteroatoms. The predicted molar refractivity (Wildman–Crippen MR) is 88.2 cm³/mol.